The van der Waals surface area contributed by atoms with Crippen LogP contribution in [-0.2, 0) is 0 Å². The maximum Gasteiger partial charge on any atom is 0.166 e. The van der Waals surface area contributed by atoms with E-state index in [1.165, 1.54) is 18.3 Å². The van der Waals surface area contributed by atoms with Crippen molar-refractivity contribution in [1.82, 2.24) is 4.98 Å². The van der Waals surface area contributed by atoms with E-state index in [0.29, 0.717) is 4.47 Å². The van der Waals surface area contributed by atoms with Gasteiger partial charge in [-0.2, -0.15) is 0 Å². The van der Waals surface area contributed by atoms with E-state index in [1.807, 2.05) is 0 Å². The number of hydrogen-bond donors (Lipinski definition) is 1. The highest BCUT2D eigenvalue weighted by atomic mass is 79.9. The summed E-state index contributed by atoms with van der Waals surface area (Å²) in [6.45, 7) is 0. The summed E-state index contributed by atoms with van der Waals surface area (Å²) in [5, 5.41) is 2.55. The summed E-state index contributed by atoms with van der Waals surface area (Å²) in [7, 11) is 0. The molecule has 1 N–H and O–H groups in total. The van der Waals surface area contributed by atoms with E-state index < -0.39 is 17.5 Å². The standard InChI is InChI=1S/C11H6BrF3N2/c12-6-3-10(15)11(16-5-6)17-7-1-2-8(13)9(14)4-7/h1-5H,(H,16,17). The van der Waals surface area contributed by atoms with E-state index in [-0.39, 0.29) is 11.5 Å². The van der Waals surface area contributed by atoms with Gasteiger partial charge in [0.15, 0.2) is 23.3 Å². The van der Waals surface area contributed by atoms with Crippen LogP contribution in [0.4, 0.5) is 24.7 Å². The molecule has 0 amide bonds. The molecule has 88 valence electrons. The van der Waals surface area contributed by atoms with Crippen LogP contribution in [-0.4, -0.2) is 4.98 Å². The van der Waals surface area contributed by atoms with E-state index >= 15 is 0 Å². The van der Waals surface area contributed by atoms with Crippen LogP contribution in [0.15, 0.2) is 34.9 Å². The van der Waals surface area contributed by atoms with E-state index in [4.69, 9.17) is 0 Å². The third-order valence-electron chi connectivity index (χ3n) is 1.99. The molecule has 0 atom stereocenters. The van der Waals surface area contributed by atoms with Crippen LogP contribution in [0.5, 0.6) is 0 Å². The number of nitrogens with one attached hydrogen (secondary N) is 1. The Morgan fingerprint density at radius 3 is 2.41 bits per heavy atom. The van der Waals surface area contributed by atoms with Gasteiger partial charge in [-0.05, 0) is 34.1 Å². The Balaban J connectivity index is 2.28. The Bertz CT molecular complexity index is 560. The van der Waals surface area contributed by atoms with Crippen LogP contribution < -0.4 is 5.32 Å². The lowest BCUT2D eigenvalue weighted by atomic mass is 10.3. The lowest BCUT2D eigenvalue weighted by Gasteiger charge is -2.06. The average molecular weight is 303 g/mol. The molecule has 0 aliphatic heterocycles. The van der Waals surface area contributed by atoms with Crippen LogP contribution >= 0.6 is 15.9 Å². The van der Waals surface area contributed by atoms with Crippen molar-refractivity contribution in [2.24, 2.45) is 0 Å². The van der Waals surface area contributed by atoms with Gasteiger partial charge < -0.3 is 5.32 Å². The lowest BCUT2D eigenvalue weighted by Crippen LogP contribution is -1.98. The molecular weight excluding hydrogens is 297 g/mol. The third-order valence-corrected chi connectivity index (χ3v) is 2.42. The molecule has 6 heteroatoms. The molecule has 2 aromatic rings. The van der Waals surface area contributed by atoms with Gasteiger partial charge in [0.2, 0.25) is 0 Å². The summed E-state index contributed by atoms with van der Waals surface area (Å²) in [5.74, 6) is -2.62. The summed E-state index contributed by atoms with van der Waals surface area (Å²) < 4.78 is 39.5. The summed E-state index contributed by atoms with van der Waals surface area (Å²) in [4.78, 5) is 3.78. The second kappa shape index (κ2) is 4.75. The molecule has 1 aromatic carbocycles. The van der Waals surface area contributed by atoms with E-state index in [0.717, 1.165) is 12.1 Å². The first-order valence-electron chi connectivity index (χ1n) is 4.59. The van der Waals surface area contributed by atoms with Gasteiger partial charge in [-0.25, -0.2) is 18.2 Å². The molecule has 0 bridgehead atoms. The summed E-state index contributed by atoms with van der Waals surface area (Å²) in [6, 6.07) is 4.39. The number of nitrogens with zero attached hydrogens (tertiary/aromatic N) is 1. The Kier molecular flexibility index (Phi) is 3.33. The fourth-order valence-electron chi connectivity index (χ4n) is 1.22. The molecule has 1 heterocycles. The van der Waals surface area contributed by atoms with Crippen LogP contribution in [0.1, 0.15) is 0 Å². The highest BCUT2D eigenvalue weighted by Crippen LogP contribution is 2.21. The molecule has 0 spiro atoms. The SMILES string of the molecule is Fc1ccc(Nc2ncc(Br)cc2F)cc1F. The fourth-order valence-corrected chi connectivity index (χ4v) is 1.52. The van der Waals surface area contributed by atoms with Crippen molar-refractivity contribution in [3.8, 4) is 0 Å². The number of benzene rings is 1. The highest BCUT2D eigenvalue weighted by molar-refractivity contribution is 9.10. The quantitative estimate of drug-likeness (QED) is 0.907. The van der Waals surface area contributed by atoms with Crippen molar-refractivity contribution < 1.29 is 13.2 Å². The minimum atomic E-state index is -1.01. The summed E-state index contributed by atoms with van der Waals surface area (Å²) in [6.07, 6.45) is 1.39. The largest absolute Gasteiger partial charge is 0.338 e. The topological polar surface area (TPSA) is 24.9 Å². The zero-order valence-corrected chi connectivity index (χ0v) is 9.93. The van der Waals surface area contributed by atoms with Crippen LogP contribution in [0, 0.1) is 17.5 Å². The number of anilines is 2. The Labute approximate surface area is 104 Å². The monoisotopic (exact) mass is 302 g/mol. The van der Waals surface area contributed by atoms with Gasteiger partial charge in [0.25, 0.3) is 0 Å². The number of halogens is 4. The minimum absolute atomic E-state index is 0.0563. The second-order valence-electron chi connectivity index (χ2n) is 3.24. The Morgan fingerprint density at radius 1 is 1.00 bits per heavy atom. The van der Waals surface area contributed by atoms with Crippen molar-refractivity contribution in [1.29, 1.82) is 0 Å². The molecule has 0 fully saturated rings. The first-order valence-corrected chi connectivity index (χ1v) is 5.38. The first kappa shape index (κ1) is 11.9. The molecule has 0 aliphatic rings. The van der Waals surface area contributed by atoms with Gasteiger partial charge in [0, 0.05) is 22.4 Å². The van der Waals surface area contributed by atoms with Gasteiger partial charge in [-0.15, -0.1) is 0 Å². The molecule has 0 saturated carbocycles. The molecule has 17 heavy (non-hydrogen) atoms. The van der Waals surface area contributed by atoms with E-state index in [9.17, 15) is 13.2 Å². The van der Waals surface area contributed by atoms with Crippen molar-refractivity contribution in [3.05, 3.63) is 52.4 Å². The molecule has 0 aliphatic carbocycles. The predicted octanol–water partition coefficient (Wildman–Crippen LogP) is 4.01. The predicted molar refractivity (Wildman–Crippen MR) is 61.5 cm³/mol. The maximum absolute atomic E-state index is 13.4. The second-order valence-corrected chi connectivity index (χ2v) is 4.15. The molecule has 2 nitrogen and oxygen atoms in total. The number of hydrogen-bond acceptors (Lipinski definition) is 2. The highest BCUT2D eigenvalue weighted by Gasteiger charge is 2.07. The zero-order chi connectivity index (χ0) is 12.4. The normalized spacial score (nSPS) is 10.4. The Morgan fingerprint density at radius 2 is 1.76 bits per heavy atom. The summed E-state index contributed by atoms with van der Waals surface area (Å²) >= 11 is 3.06. The van der Waals surface area contributed by atoms with Gasteiger partial charge in [0.05, 0.1) is 0 Å². The van der Waals surface area contributed by atoms with Crippen molar-refractivity contribution >= 4 is 27.4 Å². The molecule has 1 aromatic heterocycles. The molecular formula is C11H6BrF3N2. The van der Waals surface area contributed by atoms with Crippen molar-refractivity contribution in [3.63, 3.8) is 0 Å². The van der Waals surface area contributed by atoms with Crippen LogP contribution in [0.3, 0.4) is 0 Å². The van der Waals surface area contributed by atoms with E-state index in [1.54, 1.807) is 0 Å². The van der Waals surface area contributed by atoms with Crippen molar-refractivity contribution in [2.75, 3.05) is 5.32 Å². The van der Waals surface area contributed by atoms with Gasteiger partial charge in [0.1, 0.15) is 0 Å². The molecule has 0 unspecified atom stereocenters. The maximum atomic E-state index is 13.4. The molecule has 0 radical (unpaired) electrons. The number of aromatic nitrogens is 1. The minimum Gasteiger partial charge on any atom is -0.338 e. The zero-order valence-electron chi connectivity index (χ0n) is 8.35. The van der Waals surface area contributed by atoms with Gasteiger partial charge >= 0.3 is 0 Å². The smallest absolute Gasteiger partial charge is 0.166 e. The van der Waals surface area contributed by atoms with E-state index in [2.05, 4.69) is 26.2 Å². The van der Waals surface area contributed by atoms with Gasteiger partial charge in [-0.3, -0.25) is 0 Å². The van der Waals surface area contributed by atoms with Gasteiger partial charge in [-0.1, -0.05) is 0 Å². The van der Waals surface area contributed by atoms with Crippen molar-refractivity contribution in [2.45, 2.75) is 0 Å². The lowest BCUT2D eigenvalue weighted by molar-refractivity contribution is 0.509. The van der Waals surface area contributed by atoms with Crippen LogP contribution in [0.2, 0.25) is 0 Å². The average Bonchev–Trinajstić information content (AvgIpc) is 2.27. The molecule has 0 saturated heterocycles. The van der Waals surface area contributed by atoms with Crippen LogP contribution in [0.25, 0.3) is 0 Å². The summed E-state index contributed by atoms with van der Waals surface area (Å²) in [5.41, 5.74) is 0.220. The fraction of sp³-hybridized carbons (Fsp3) is 0. The third kappa shape index (κ3) is 2.76. The Hall–Kier alpha value is -1.56. The first-order chi connectivity index (χ1) is 8.06. The number of pyridine rings is 1. The molecule has 2 rings (SSSR count). The number of rotatable bonds is 2.